The Kier molecular flexibility index (Phi) is 6.42. The van der Waals surface area contributed by atoms with Gasteiger partial charge in [0.1, 0.15) is 0 Å². The van der Waals surface area contributed by atoms with Crippen molar-refractivity contribution in [2.24, 2.45) is 7.05 Å². The maximum atomic E-state index is 13.3. The van der Waals surface area contributed by atoms with Gasteiger partial charge in [-0.2, -0.15) is 0 Å². The van der Waals surface area contributed by atoms with E-state index in [0.717, 1.165) is 22.1 Å². The molecule has 1 aromatic heterocycles. The predicted molar refractivity (Wildman–Crippen MR) is 119 cm³/mol. The molecule has 1 heterocycles. The largest absolute Gasteiger partial charge is 0.333 e. The third kappa shape index (κ3) is 5.07. The second-order valence-corrected chi connectivity index (χ2v) is 9.38. The zero-order chi connectivity index (χ0) is 21.0. The average Bonchev–Trinajstić information content (AvgIpc) is 3.06. The van der Waals surface area contributed by atoms with Crippen LogP contribution in [0.4, 0.5) is 0 Å². The van der Waals surface area contributed by atoms with Gasteiger partial charge in [-0.1, -0.05) is 72.4 Å². The standard InChI is InChI=1S/C23H28N4OS/c1-17(21(28)27(23(2,3)4)16-18-12-8-6-9-13-18)29-22-25-24-20(26(22)5)19-14-10-7-11-15-19/h6-15,17H,16H2,1-5H3/t17-/m1/s1. The summed E-state index contributed by atoms with van der Waals surface area (Å²) in [5.74, 6) is 0.889. The first-order valence-corrected chi connectivity index (χ1v) is 10.6. The number of hydrogen-bond acceptors (Lipinski definition) is 4. The summed E-state index contributed by atoms with van der Waals surface area (Å²) >= 11 is 1.45. The van der Waals surface area contributed by atoms with Crippen molar-refractivity contribution in [3.8, 4) is 11.4 Å². The average molecular weight is 409 g/mol. The number of amides is 1. The van der Waals surface area contributed by atoms with E-state index in [1.165, 1.54) is 11.8 Å². The van der Waals surface area contributed by atoms with E-state index in [0.29, 0.717) is 6.54 Å². The molecule has 0 aliphatic carbocycles. The molecule has 1 amide bonds. The maximum absolute atomic E-state index is 13.3. The van der Waals surface area contributed by atoms with Crippen molar-refractivity contribution >= 4 is 17.7 Å². The van der Waals surface area contributed by atoms with E-state index < -0.39 is 0 Å². The Labute approximate surface area is 177 Å². The maximum Gasteiger partial charge on any atom is 0.236 e. The molecule has 0 spiro atoms. The van der Waals surface area contributed by atoms with Crippen molar-refractivity contribution in [3.05, 3.63) is 66.2 Å². The van der Waals surface area contributed by atoms with E-state index in [1.807, 2.05) is 72.0 Å². The van der Waals surface area contributed by atoms with Crippen molar-refractivity contribution < 1.29 is 4.79 Å². The van der Waals surface area contributed by atoms with Gasteiger partial charge < -0.3 is 9.47 Å². The van der Waals surface area contributed by atoms with E-state index >= 15 is 0 Å². The van der Waals surface area contributed by atoms with Gasteiger partial charge in [-0.3, -0.25) is 4.79 Å². The second kappa shape index (κ2) is 8.82. The van der Waals surface area contributed by atoms with E-state index in [-0.39, 0.29) is 16.7 Å². The summed E-state index contributed by atoms with van der Waals surface area (Å²) in [5, 5.41) is 9.11. The SMILES string of the molecule is C[C@@H](Sc1nnc(-c2ccccc2)n1C)C(=O)N(Cc1ccccc1)C(C)(C)C. The first kappa shape index (κ1) is 21.1. The number of benzene rings is 2. The first-order valence-electron chi connectivity index (χ1n) is 9.74. The first-order chi connectivity index (χ1) is 13.8. The van der Waals surface area contributed by atoms with Gasteiger partial charge in [0.15, 0.2) is 11.0 Å². The zero-order valence-corrected chi connectivity index (χ0v) is 18.5. The molecule has 0 unspecified atom stereocenters. The smallest absolute Gasteiger partial charge is 0.236 e. The Morgan fingerprint density at radius 3 is 2.21 bits per heavy atom. The number of carbonyl (C=O) groups is 1. The summed E-state index contributed by atoms with van der Waals surface area (Å²) in [4.78, 5) is 15.3. The molecule has 0 fully saturated rings. The Bertz CT molecular complexity index is 948. The fourth-order valence-corrected chi connectivity index (χ4v) is 3.97. The van der Waals surface area contributed by atoms with Crippen molar-refractivity contribution in [3.63, 3.8) is 0 Å². The van der Waals surface area contributed by atoms with Gasteiger partial charge in [0.05, 0.1) is 5.25 Å². The van der Waals surface area contributed by atoms with Crippen molar-refractivity contribution in [1.82, 2.24) is 19.7 Å². The van der Waals surface area contributed by atoms with Gasteiger partial charge in [0, 0.05) is 24.7 Å². The molecule has 0 radical (unpaired) electrons. The van der Waals surface area contributed by atoms with Gasteiger partial charge in [-0.25, -0.2) is 0 Å². The van der Waals surface area contributed by atoms with Crippen LogP contribution in [-0.2, 0) is 18.4 Å². The molecule has 0 saturated carbocycles. The van der Waals surface area contributed by atoms with Crippen LogP contribution in [0.3, 0.4) is 0 Å². The summed E-state index contributed by atoms with van der Waals surface area (Å²) in [6.45, 7) is 8.74. The fourth-order valence-electron chi connectivity index (χ4n) is 3.10. The van der Waals surface area contributed by atoms with Crippen LogP contribution >= 0.6 is 11.8 Å². The molecule has 3 aromatic rings. The number of nitrogens with zero attached hydrogens (tertiary/aromatic N) is 4. The van der Waals surface area contributed by atoms with Gasteiger partial charge in [0.25, 0.3) is 0 Å². The third-order valence-electron chi connectivity index (χ3n) is 4.76. The molecule has 3 rings (SSSR count). The number of carbonyl (C=O) groups excluding carboxylic acids is 1. The van der Waals surface area contributed by atoms with Crippen molar-refractivity contribution in [2.75, 3.05) is 0 Å². The highest BCUT2D eigenvalue weighted by Crippen LogP contribution is 2.28. The summed E-state index contributed by atoms with van der Waals surface area (Å²) in [7, 11) is 1.94. The number of hydrogen-bond donors (Lipinski definition) is 0. The van der Waals surface area contributed by atoms with Crippen molar-refractivity contribution in [1.29, 1.82) is 0 Å². The van der Waals surface area contributed by atoms with Crippen LogP contribution in [0.25, 0.3) is 11.4 Å². The molecule has 152 valence electrons. The van der Waals surface area contributed by atoms with Crippen LogP contribution in [-0.4, -0.2) is 36.4 Å². The lowest BCUT2D eigenvalue weighted by Gasteiger charge is -2.37. The van der Waals surface area contributed by atoms with E-state index in [1.54, 1.807) is 0 Å². The molecule has 0 aliphatic heterocycles. The van der Waals surface area contributed by atoms with Gasteiger partial charge in [-0.15, -0.1) is 10.2 Å². The lowest BCUT2D eigenvalue weighted by atomic mass is 10.0. The van der Waals surface area contributed by atoms with Gasteiger partial charge in [-0.05, 0) is 33.3 Å². The summed E-state index contributed by atoms with van der Waals surface area (Å²) in [6.07, 6.45) is 0. The quantitative estimate of drug-likeness (QED) is 0.550. The van der Waals surface area contributed by atoms with E-state index in [2.05, 4.69) is 43.1 Å². The molecule has 0 N–H and O–H groups in total. The monoisotopic (exact) mass is 408 g/mol. The fraction of sp³-hybridized carbons (Fsp3) is 0.348. The lowest BCUT2D eigenvalue weighted by molar-refractivity contribution is -0.135. The third-order valence-corrected chi connectivity index (χ3v) is 5.88. The topological polar surface area (TPSA) is 51.0 Å². The van der Waals surface area contributed by atoms with Crippen molar-refractivity contribution in [2.45, 2.75) is 50.2 Å². The molecule has 2 aromatic carbocycles. The highest BCUT2D eigenvalue weighted by Gasteiger charge is 2.31. The Balaban J connectivity index is 1.77. The Hall–Kier alpha value is -2.60. The molecule has 0 saturated heterocycles. The molecular formula is C23H28N4OS. The highest BCUT2D eigenvalue weighted by atomic mass is 32.2. The highest BCUT2D eigenvalue weighted by molar-refractivity contribution is 8.00. The number of thioether (sulfide) groups is 1. The Morgan fingerprint density at radius 2 is 1.62 bits per heavy atom. The van der Waals surface area contributed by atoms with Crippen LogP contribution in [0.15, 0.2) is 65.8 Å². The molecule has 0 bridgehead atoms. The lowest BCUT2D eigenvalue weighted by Crippen LogP contribution is -2.48. The summed E-state index contributed by atoms with van der Waals surface area (Å²) in [5.41, 5.74) is 1.85. The molecular weight excluding hydrogens is 380 g/mol. The minimum absolute atomic E-state index is 0.0932. The Morgan fingerprint density at radius 1 is 1.03 bits per heavy atom. The second-order valence-electron chi connectivity index (χ2n) is 8.07. The molecule has 1 atom stereocenters. The normalized spacial score (nSPS) is 12.6. The molecule has 29 heavy (non-hydrogen) atoms. The number of aromatic nitrogens is 3. The molecule has 6 heteroatoms. The summed E-state index contributed by atoms with van der Waals surface area (Å²) < 4.78 is 1.95. The number of rotatable bonds is 6. The minimum Gasteiger partial charge on any atom is -0.333 e. The van der Waals surface area contributed by atoms with Crippen LogP contribution in [0.5, 0.6) is 0 Å². The van der Waals surface area contributed by atoms with Crippen LogP contribution in [0.1, 0.15) is 33.3 Å². The van der Waals surface area contributed by atoms with Crippen LogP contribution in [0, 0.1) is 0 Å². The van der Waals surface area contributed by atoms with Crippen LogP contribution in [0.2, 0.25) is 0 Å². The van der Waals surface area contributed by atoms with E-state index in [4.69, 9.17) is 0 Å². The van der Waals surface area contributed by atoms with Gasteiger partial charge in [0.2, 0.25) is 5.91 Å². The predicted octanol–water partition coefficient (Wildman–Crippen LogP) is 4.79. The minimum atomic E-state index is -0.281. The van der Waals surface area contributed by atoms with Crippen LogP contribution < -0.4 is 0 Å². The van der Waals surface area contributed by atoms with Gasteiger partial charge >= 0.3 is 0 Å². The molecule has 0 aliphatic rings. The molecule has 5 nitrogen and oxygen atoms in total. The zero-order valence-electron chi connectivity index (χ0n) is 17.7. The van der Waals surface area contributed by atoms with E-state index in [9.17, 15) is 4.79 Å². The summed E-state index contributed by atoms with van der Waals surface area (Å²) in [6, 6.07) is 20.1.